The molecule has 1 amide bonds. The summed E-state index contributed by atoms with van der Waals surface area (Å²) in [6.45, 7) is 2.05. The molecule has 0 radical (unpaired) electrons. The zero-order chi connectivity index (χ0) is 21.4. The average molecular weight is 490 g/mol. The van der Waals surface area contributed by atoms with E-state index in [1.54, 1.807) is 0 Å². The molecule has 1 aliphatic heterocycles. The van der Waals surface area contributed by atoms with Gasteiger partial charge in [-0.15, -0.1) is 0 Å². The van der Waals surface area contributed by atoms with Gasteiger partial charge in [-0.3, -0.25) is 4.79 Å². The van der Waals surface area contributed by atoms with Gasteiger partial charge >= 0.3 is 0 Å². The van der Waals surface area contributed by atoms with Crippen molar-refractivity contribution in [2.45, 2.75) is 6.92 Å². The molecular weight excluding hydrogens is 474 g/mol. The molecule has 0 bridgehead atoms. The number of aromatic nitrogens is 1. The Hall–Kier alpha value is -3.16. The molecule has 0 atom stereocenters. The number of amidine groups is 1. The summed E-state index contributed by atoms with van der Waals surface area (Å²) in [5.74, 6) is 0.551. The Morgan fingerprint density at radius 1 is 1.10 bits per heavy atom. The van der Waals surface area contributed by atoms with Crippen LogP contribution >= 0.6 is 27.7 Å². The van der Waals surface area contributed by atoms with Crippen LogP contribution in [0.1, 0.15) is 11.1 Å². The van der Waals surface area contributed by atoms with Crippen LogP contribution in [0.25, 0.3) is 28.3 Å². The number of halogens is 1. The van der Waals surface area contributed by atoms with E-state index < -0.39 is 0 Å². The summed E-state index contributed by atoms with van der Waals surface area (Å²) in [5.41, 5.74) is 4.58. The highest BCUT2D eigenvalue weighted by molar-refractivity contribution is 9.10. The van der Waals surface area contributed by atoms with Crippen molar-refractivity contribution < 1.29 is 9.32 Å². The first-order valence-corrected chi connectivity index (χ1v) is 11.2. The number of aryl methyl sites for hydroxylation is 1. The number of rotatable bonds is 3. The number of carbonyl (C=O) groups excluding carboxylic acids is 1. The summed E-state index contributed by atoms with van der Waals surface area (Å²) < 4.78 is 6.47. The normalized spacial score (nSPS) is 16.4. The van der Waals surface area contributed by atoms with Gasteiger partial charge in [-0.05, 0) is 70.5 Å². The summed E-state index contributed by atoms with van der Waals surface area (Å²) in [6.07, 6.45) is 1.86. The Bertz CT molecular complexity index is 1370. The molecule has 2 heterocycles. The van der Waals surface area contributed by atoms with Crippen LogP contribution in [0, 0.1) is 6.92 Å². The molecule has 1 aliphatic rings. The van der Waals surface area contributed by atoms with Crippen LogP contribution in [-0.2, 0) is 4.79 Å². The Balaban J connectivity index is 1.47. The third-order valence-corrected chi connectivity index (χ3v) is 6.42. The van der Waals surface area contributed by atoms with Crippen molar-refractivity contribution >= 4 is 61.4 Å². The molecule has 1 N–H and O–H groups in total. The molecule has 0 aliphatic carbocycles. The van der Waals surface area contributed by atoms with Gasteiger partial charge in [0.2, 0.25) is 0 Å². The zero-order valence-electron chi connectivity index (χ0n) is 16.4. The molecule has 5 nitrogen and oxygen atoms in total. The Labute approximate surface area is 191 Å². The SMILES string of the molecule is Cc1ccc(-c2onc3ccc(/C=C4\SC(=Nc5ccccc5Br)NC4=O)cc23)cc1. The van der Waals surface area contributed by atoms with E-state index in [4.69, 9.17) is 4.52 Å². The molecule has 0 saturated carbocycles. The van der Waals surface area contributed by atoms with Gasteiger partial charge < -0.3 is 9.84 Å². The van der Waals surface area contributed by atoms with E-state index in [1.807, 2.05) is 79.7 Å². The van der Waals surface area contributed by atoms with Gasteiger partial charge in [-0.1, -0.05) is 53.2 Å². The fourth-order valence-corrected chi connectivity index (χ4v) is 4.45. The molecule has 1 aromatic heterocycles. The first kappa shape index (κ1) is 19.8. The van der Waals surface area contributed by atoms with Gasteiger partial charge in [-0.25, -0.2) is 4.99 Å². The standard InChI is InChI=1S/C24H16BrN3O2S/c1-14-6-9-16(10-7-14)22-17-12-15(8-11-19(17)28-30-22)13-21-23(29)27-24(31-21)26-20-5-3-2-4-18(20)25/h2-13H,1H3,(H,26,27,29)/b21-13-. The van der Waals surface area contributed by atoms with E-state index in [0.29, 0.717) is 10.1 Å². The van der Waals surface area contributed by atoms with E-state index in [0.717, 1.165) is 38.0 Å². The Kier molecular flexibility index (Phi) is 5.21. The summed E-state index contributed by atoms with van der Waals surface area (Å²) in [7, 11) is 0. The van der Waals surface area contributed by atoms with Crippen molar-refractivity contribution in [3.63, 3.8) is 0 Å². The quantitative estimate of drug-likeness (QED) is 0.335. The third kappa shape index (κ3) is 4.06. The van der Waals surface area contributed by atoms with Crippen molar-refractivity contribution in [1.82, 2.24) is 10.5 Å². The van der Waals surface area contributed by atoms with Crippen LogP contribution in [0.2, 0.25) is 0 Å². The number of nitrogens with zero attached hydrogens (tertiary/aromatic N) is 2. The van der Waals surface area contributed by atoms with Crippen molar-refractivity contribution in [3.05, 3.63) is 87.2 Å². The number of amides is 1. The molecule has 3 aromatic carbocycles. The average Bonchev–Trinajstić information content (AvgIpc) is 3.33. The molecule has 5 rings (SSSR count). The largest absolute Gasteiger partial charge is 0.355 e. The van der Waals surface area contributed by atoms with Gasteiger partial charge in [0.05, 0.1) is 16.0 Å². The Morgan fingerprint density at radius 2 is 1.90 bits per heavy atom. The van der Waals surface area contributed by atoms with Crippen molar-refractivity contribution in [3.8, 4) is 11.3 Å². The second-order valence-corrected chi connectivity index (χ2v) is 8.97. The van der Waals surface area contributed by atoms with E-state index in [-0.39, 0.29) is 5.91 Å². The smallest absolute Gasteiger partial charge is 0.264 e. The third-order valence-electron chi connectivity index (χ3n) is 4.84. The summed E-state index contributed by atoms with van der Waals surface area (Å²) in [6, 6.07) is 21.6. The maximum atomic E-state index is 12.5. The lowest BCUT2D eigenvalue weighted by Crippen LogP contribution is -2.19. The van der Waals surface area contributed by atoms with Crippen LogP contribution < -0.4 is 5.32 Å². The van der Waals surface area contributed by atoms with E-state index in [2.05, 4.69) is 31.4 Å². The second kappa shape index (κ2) is 8.17. The number of aliphatic imine (C=N–C) groups is 1. The van der Waals surface area contributed by atoms with Crippen LogP contribution in [0.5, 0.6) is 0 Å². The lowest BCUT2D eigenvalue weighted by molar-refractivity contribution is -0.115. The molecule has 1 fully saturated rings. The molecule has 1 saturated heterocycles. The highest BCUT2D eigenvalue weighted by atomic mass is 79.9. The predicted molar refractivity (Wildman–Crippen MR) is 129 cm³/mol. The van der Waals surface area contributed by atoms with Gasteiger partial charge in [0.25, 0.3) is 5.91 Å². The second-order valence-electron chi connectivity index (χ2n) is 7.09. The van der Waals surface area contributed by atoms with Crippen molar-refractivity contribution in [2.24, 2.45) is 4.99 Å². The minimum Gasteiger partial charge on any atom is -0.355 e. The number of para-hydroxylation sites is 1. The van der Waals surface area contributed by atoms with E-state index in [1.165, 1.54) is 17.3 Å². The number of hydrogen-bond donors (Lipinski definition) is 1. The van der Waals surface area contributed by atoms with Crippen molar-refractivity contribution in [2.75, 3.05) is 0 Å². The molecule has 152 valence electrons. The molecule has 0 unspecified atom stereocenters. The first-order valence-electron chi connectivity index (χ1n) is 9.57. The van der Waals surface area contributed by atoms with E-state index >= 15 is 0 Å². The van der Waals surface area contributed by atoms with Crippen LogP contribution in [0.4, 0.5) is 5.69 Å². The number of benzene rings is 3. The van der Waals surface area contributed by atoms with Crippen LogP contribution in [0.3, 0.4) is 0 Å². The number of thioether (sulfide) groups is 1. The molecule has 4 aromatic rings. The topological polar surface area (TPSA) is 67.5 Å². The minimum atomic E-state index is -0.167. The maximum absolute atomic E-state index is 12.5. The predicted octanol–water partition coefficient (Wildman–Crippen LogP) is 6.46. The van der Waals surface area contributed by atoms with Gasteiger partial charge in [0, 0.05) is 10.0 Å². The van der Waals surface area contributed by atoms with Gasteiger partial charge in [0.1, 0.15) is 5.52 Å². The van der Waals surface area contributed by atoms with Crippen molar-refractivity contribution in [1.29, 1.82) is 0 Å². The first-order chi connectivity index (χ1) is 15.1. The van der Waals surface area contributed by atoms with Gasteiger partial charge in [-0.2, -0.15) is 0 Å². The monoisotopic (exact) mass is 489 g/mol. The summed E-state index contributed by atoms with van der Waals surface area (Å²) >= 11 is 4.80. The number of fused-ring (bicyclic) bond motifs is 1. The number of hydrogen-bond acceptors (Lipinski definition) is 5. The summed E-state index contributed by atoms with van der Waals surface area (Å²) in [4.78, 5) is 17.6. The Morgan fingerprint density at radius 3 is 2.71 bits per heavy atom. The fourth-order valence-electron chi connectivity index (χ4n) is 3.25. The molecule has 0 spiro atoms. The molecular formula is C24H16BrN3O2S. The summed E-state index contributed by atoms with van der Waals surface area (Å²) in [5, 5.41) is 8.45. The number of carbonyl (C=O) groups is 1. The van der Waals surface area contributed by atoms with Crippen LogP contribution in [-0.4, -0.2) is 16.2 Å². The zero-order valence-corrected chi connectivity index (χ0v) is 18.8. The van der Waals surface area contributed by atoms with Crippen LogP contribution in [0.15, 0.2) is 85.6 Å². The molecule has 31 heavy (non-hydrogen) atoms. The lowest BCUT2D eigenvalue weighted by atomic mass is 10.0. The maximum Gasteiger partial charge on any atom is 0.264 e. The molecule has 7 heteroatoms. The highest BCUT2D eigenvalue weighted by Crippen LogP contribution is 2.33. The van der Waals surface area contributed by atoms with Gasteiger partial charge in [0.15, 0.2) is 10.9 Å². The minimum absolute atomic E-state index is 0.167. The highest BCUT2D eigenvalue weighted by Gasteiger charge is 2.24. The fraction of sp³-hybridized carbons (Fsp3) is 0.0417. The lowest BCUT2D eigenvalue weighted by Gasteiger charge is -1.99. The van der Waals surface area contributed by atoms with E-state index in [9.17, 15) is 4.79 Å². The number of nitrogens with one attached hydrogen (secondary N) is 1.